The molecule has 0 saturated carbocycles. The molecule has 4 rings (SSSR count). The zero-order valence-corrected chi connectivity index (χ0v) is 16.6. The molecule has 0 radical (unpaired) electrons. The highest BCUT2D eigenvalue weighted by Crippen LogP contribution is 2.31. The van der Waals surface area contributed by atoms with Gasteiger partial charge in [0, 0.05) is 44.7 Å². The van der Waals surface area contributed by atoms with Crippen molar-refractivity contribution in [2.45, 2.75) is 13.5 Å². The third kappa shape index (κ3) is 4.40. The summed E-state index contributed by atoms with van der Waals surface area (Å²) in [7, 11) is 0. The molecule has 1 aliphatic rings. The average Bonchev–Trinajstić information content (AvgIpc) is 3.06. The monoisotopic (exact) mass is 401 g/mol. The fraction of sp³-hybridized carbons (Fsp3) is 0.300. The van der Waals surface area contributed by atoms with Crippen LogP contribution >= 0.6 is 22.9 Å². The second-order valence-electron chi connectivity index (χ2n) is 6.61. The normalized spacial score (nSPS) is 15.3. The minimum atomic E-state index is -0.295. The average molecular weight is 402 g/mol. The second-order valence-corrected chi connectivity index (χ2v) is 8.05. The lowest BCUT2D eigenvalue weighted by molar-refractivity contribution is -0.131. The third-order valence-electron chi connectivity index (χ3n) is 4.57. The molecule has 0 atom stereocenters. The summed E-state index contributed by atoms with van der Waals surface area (Å²) in [5.74, 6) is 0.294. The molecule has 0 spiro atoms. The number of hydrogen-bond donors (Lipinski definition) is 0. The highest BCUT2D eigenvalue weighted by atomic mass is 35.5. The molecule has 0 amide bonds. The number of carbonyl (C=O) groups excluding carboxylic acids is 1. The van der Waals surface area contributed by atoms with Crippen molar-refractivity contribution in [2.24, 2.45) is 0 Å². The first-order chi connectivity index (χ1) is 13.1. The van der Waals surface area contributed by atoms with E-state index in [0.717, 1.165) is 53.1 Å². The Kier molecular flexibility index (Phi) is 5.29. The van der Waals surface area contributed by atoms with E-state index in [1.165, 1.54) is 12.5 Å². The van der Waals surface area contributed by atoms with Gasteiger partial charge in [-0.25, -0.2) is 4.98 Å². The van der Waals surface area contributed by atoms with Gasteiger partial charge in [-0.05, 0) is 35.9 Å². The van der Waals surface area contributed by atoms with Crippen LogP contribution in [0.2, 0.25) is 5.02 Å². The smallest absolute Gasteiger partial charge is 0.308 e. The molecule has 0 unspecified atom stereocenters. The van der Waals surface area contributed by atoms with E-state index in [-0.39, 0.29) is 5.97 Å². The molecule has 1 aromatic heterocycles. The summed E-state index contributed by atoms with van der Waals surface area (Å²) in [5.41, 5.74) is 2.23. The van der Waals surface area contributed by atoms with Crippen LogP contribution in [0.3, 0.4) is 0 Å². The zero-order valence-electron chi connectivity index (χ0n) is 15.0. The molecule has 3 aromatic rings. The fourth-order valence-electron chi connectivity index (χ4n) is 3.21. The Balaban J connectivity index is 1.34. The summed E-state index contributed by atoms with van der Waals surface area (Å²) in [6.45, 7) is 6.19. The Bertz CT molecular complexity index is 950. The van der Waals surface area contributed by atoms with E-state index in [4.69, 9.17) is 21.3 Å². The van der Waals surface area contributed by atoms with E-state index in [1.807, 2.05) is 42.5 Å². The van der Waals surface area contributed by atoms with Crippen molar-refractivity contribution < 1.29 is 9.53 Å². The summed E-state index contributed by atoms with van der Waals surface area (Å²) in [4.78, 5) is 20.5. The summed E-state index contributed by atoms with van der Waals surface area (Å²) >= 11 is 7.78. The molecular weight excluding hydrogens is 382 g/mol. The van der Waals surface area contributed by atoms with Gasteiger partial charge in [-0.1, -0.05) is 35.1 Å². The van der Waals surface area contributed by atoms with Gasteiger partial charge in [-0.2, -0.15) is 0 Å². The number of halogens is 1. The first kappa shape index (κ1) is 18.2. The number of esters is 1. The Labute approximate surface area is 167 Å². The van der Waals surface area contributed by atoms with Gasteiger partial charge in [-0.3, -0.25) is 9.69 Å². The number of hydrogen-bond acceptors (Lipinski definition) is 6. The van der Waals surface area contributed by atoms with Crippen LogP contribution in [0.1, 0.15) is 12.5 Å². The van der Waals surface area contributed by atoms with Gasteiger partial charge in [0.15, 0.2) is 5.13 Å². The molecule has 140 valence electrons. The van der Waals surface area contributed by atoms with Gasteiger partial charge in [0.25, 0.3) is 0 Å². The molecule has 0 N–H and O–H groups in total. The van der Waals surface area contributed by atoms with Crippen LogP contribution in [0.5, 0.6) is 5.75 Å². The number of ether oxygens (including phenoxy) is 1. The van der Waals surface area contributed by atoms with Crippen molar-refractivity contribution in [1.29, 1.82) is 0 Å². The fourth-order valence-corrected chi connectivity index (χ4v) is 4.50. The molecule has 5 nitrogen and oxygen atoms in total. The number of anilines is 1. The number of rotatable bonds is 4. The highest BCUT2D eigenvalue weighted by Gasteiger charge is 2.20. The van der Waals surface area contributed by atoms with E-state index in [9.17, 15) is 4.79 Å². The molecule has 1 saturated heterocycles. The highest BCUT2D eigenvalue weighted by molar-refractivity contribution is 7.22. The van der Waals surface area contributed by atoms with E-state index in [0.29, 0.717) is 5.75 Å². The summed E-state index contributed by atoms with van der Waals surface area (Å²) < 4.78 is 6.21. The van der Waals surface area contributed by atoms with Crippen LogP contribution in [0, 0.1) is 0 Å². The Hall–Kier alpha value is -2.15. The summed E-state index contributed by atoms with van der Waals surface area (Å²) in [5, 5.41) is 1.82. The van der Waals surface area contributed by atoms with Crippen LogP contribution in [0.4, 0.5) is 5.13 Å². The maximum absolute atomic E-state index is 11.0. The Morgan fingerprint density at radius 1 is 1.15 bits per heavy atom. The zero-order chi connectivity index (χ0) is 18.8. The lowest BCUT2D eigenvalue weighted by atomic mass is 10.2. The Morgan fingerprint density at radius 3 is 2.59 bits per heavy atom. The first-order valence-corrected chi connectivity index (χ1v) is 10.1. The summed E-state index contributed by atoms with van der Waals surface area (Å²) in [6.07, 6.45) is 0. The molecule has 1 aliphatic heterocycles. The largest absolute Gasteiger partial charge is 0.427 e. The van der Waals surface area contributed by atoms with Gasteiger partial charge in [0.05, 0.1) is 10.2 Å². The molecule has 0 bridgehead atoms. The Morgan fingerprint density at radius 2 is 1.89 bits per heavy atom. The van der Waals surface area contributed by atoms with Crippen molar-refractivity contribution in [3.63, 3.8) is 0 Å². The molecule has 1 fully saturated rings. The predicted molar refractivity (Wildman–Crippen MR) is 110 cm³/mol. The number of fused-ring (bicyclic) bond motifs is 1. The molecular formula is C20H20ClN3O2S. The number of carbonyl (C=O) groups is 1. The number of thiazole rings is 1. The van der Waals surface area contributed by atoms with E-state index < -0.39 is 0 Å². The lowest BCUT2D eigenvalue weighted by Crippen LogP contribution is -2.45. The lowest BCUT2D eigenvalue weighted by Gasteiger charge is -2.34. The molecule has 7 heteroatoms. The van der Waals surface area contributed by atoms with Crippen molar-refractivity contribution in [3.05, 3.63) is 53.1 Å². The standard InChI is InChI=1S/C20H20ClN3O2S/c1-14(25)26-17-5-2-15(3-6-17)13-23-8-10-24(11-9-23)20-22-18-7-4-16(21)12-19(18)27-20/h2-7,12H,8-11,13H2,1H3. The van der Waals surface area contributed by atoms with E-state index in [1.54, 1.807) is 11.3 Å². The van der Waals surface area contributed by atoms with Gasteiger partial charge in [0.2, 0.25) is 0 Å². The van der Waals surface area contributed by atoms with Crippen LogP contribution in [0.25, 0.3) is 10.2 Å². The maximum Gasteiger partial charge on any atom is 0.308 e. The van der Waals surface area contributed by atoms with E-state index >= 15 is 0 Å². The summed E-state index contributed by atoms with van der Waals surface area (Å²) in [6, 6.07) is 13.6. The molecule has 2 heterocycles. The number of aromatic nitrogens is 1. The number of piperazine rings is 1. The number of benzene rings is 2. The second kappa shape index (κ2) is 7.84. The van der Waals surface area contributed by atoms with Gasteiger partial charge in [-0.15, -0.1) is 0 Å². The first-order valence-electron chi connectivity index (χ1n) is 8.87. The van der Waals surface area contributed by atoms with Crippen molar-refractivity contribution in [2.75, 3.05) is 31.1 Å². The molecule has 27 heavy (non-hydrogen) atoms. The molecule has 2 aromatic carbocycles. The van der Waals surface area contributed by atoms with Crippen LogP contribution in [0.15, 0.2) is 42.5 Å². The topological polar surface area (TPSA) is 45.7 Å². The van der Waals surface area contributed by atoms with Crippen LogP contribution in [-0.4, -0.2) is 42.0 Å². The van der Waals surface area contributed by atoms with Gasteiger partial charge in [0.1, 0.15) is 5.75 Å². The van der Waals surface area contributed by atoms with Gasteiger partial charge >= 0.3 is 5.97 Å². The minimum Gasteiger partial charge on any atom is -0.427 e. The van der Waals surface area contributed by atoms with Crippen molar-refractivity contribution in [1.82, 2.24) is 9.88 Å². The van der Waals surface area contributed by atoms with Crippen molar-refractivity contribution >= 4 is 44.3 Å². The molecule has 0 aliphatic carbocycles. The predicted octanol–water partition coefficient (Wildman–Crippen LogP) is 4.20. The van der Waals surface area contributed by atoms with E-state index in [2.05, 4.69) is 9.80 Å². The maximum atomic E-state index is 11.0. The van der Waals surface area contributed by atoms with Gasteiger partial charge < -0.3 is 9.64 Å². The van der Waals surface area contributed by atoms with Crippen molar-refractivity contribution in [3.8, 4) is 5.75 Å². The minimum absolute atomic E-state index is 0.295. The third-order valence-corrected chi connectivity index (χ3v) is 5.89. The van der Waals surface area contributed by atoms with Crippen LogP contribution < -0.4 is 9.64 Å². The van der Waals surface area contributed by atoms with Crippen LogP contribution in [-0.2, 0) is 11.3 Å². The SMILES string of the molecule is CC(=O)Oc1ccc(CN2CCN(c3nc4ccc(Cl)cc4s3)CC2)cc1. The quantitative estimate of drug-likeness (QED) is 0.484. The number of nitrogens with zero attached hydrogens (tertiary/aromatic N) is 3.